The third kappa shape index (κ3) is 3.66. The molecule has 0 aliphatic carbocycles. The van der Waals surface area contributed by atoms with E-state index in [4.69, 9.17) is 0 Å². The molecule has 0 radical (unpaired) electrons. The third-order valence-electron chi connectivity index (χ3n) is 3.58. The number of hydrogen-bond donors (Lipinski definition) is 2. The minimum absolute atomic E-state index is 0.0345. The van der Waals surface area contributed by atoms with E-state index in [1.54, 1.807) is 0 Å². The van der Waals surface area contributed by atoms with Crippen molar-refractivity contribution in [1.29, 1.82) is 0 Å². The maximum atomic E-state index is 11.9. The summed E-state index contributed by atoms with van der Waals surface area (Å²) in [5.74, 6) is -0.672. The number of amides is 3. The molecule has 112 valence electrons. The number of rotatable bonds is 4. The van der Waals surface area contributed by atoms with Gasteiger partial charge in [0.05, 0.1) is 12.6 Å². The predicted molar refractivity (Wildman–Crippen MR) is 78.6 cm³/mol. The second kappa shape index (κ2) is 6.49. The van der Waals surface area contributed by atoms with Crippen LogP contribution in [0.15, 0.2) is 24.3 Å². The molecule has 0 aromatic heterocycles. The van der Waals surface area contributed by atoms with E-state index in [-0.39, 0.29) is 24.3 Å². The number of benzene rings is 1. The van der Waals surface area contributed by atoms with Crippen molar-refractivity contribution in [3.8, 4) is 0 Å². The summed E-state index contributed by atoms with van der Waals surface area (Å²) in [6, 6.07) is 7.01. The fraction of sp³-hybridized carbons (Fsp3) is 0.400. The van der Waals surface area contributed by atoms with Crippen molar-refractivity contribution in [1.82, 2.24) is 10.2 Å². The van der Waals surface area contributed by atoms with Crippen LogP contribution in [0, 0.1) is 6.92 Å². The molecular weight excluding hydrogens is 270 g/mol. The first-order valence-corrected chi connectivity index (χ1v) is 6.88. The maximum absolute atomic E-state index is 11.9. The summed E-state index contributed by atoms with van der Waals surface area (Å²) >= 11 is 0. The first-order chi connectivity index (χ1) is 9.99. The number of para-hydroxylation sites is 1. The lowest BCUT2D eigenvalue weighted by molar-refractivity contribution is -0.148. The number of likely N-dealkylation sites (N-methyl/N-ethyl adjacent to an activating group) is 1. The summed E-state index contributed by atoms with van der Waals surface area (Å²) in [5.41, 5.74) is 1.73. The Morgan fingerprint density at radius 2 is 2.05 bits per heavy atom. The molecule has 2 rings (SSSR count). The highest BCUT2D eigenvalue weighted by Crippen LogP contribution is 2.13. The molecule has 1 aliphatic rings. The molecule has 1 aromatic rings. The van der Waals surface area contributed by atoms with Crippen LogP contribution in [-0.2, 0) is 14.4 Å². The molecule has 0 spiro atoms. The van der Waals surface area contributed by atoms with Gasteiger partial charge in [0, 0.05) is 19.2 Å². The number of aryl methyl sites for hydroxylation is 1. The van der Waals surface area contributed by atoms with Crippen molar-refractivity contribution in [2.24, 2.45) is 0 Å². The van der Waals surface area contributed by atoms with Crippen molar-refractivity contribution >= 4 is 23.4 Å². The van der Waals surface area contributed by atoms with Gasteiger partial charge in [0.1, 0.15) is 0 Å². The van der Waals surface area contributed by atoms with Crippen LogP contribution in [0.3, 0.4) is 0 Å². The Morgan fingerprint density at radius 3 is 2.76 bits per heavy atom. The molecule has 0 bridgehead atoms. The van der Waals surface area contributed by atoms with Crippen LogP contribution in [0.5, 0.6) is 0 Å². The average Bonchev–Trinajstić information content (AvgIpc) is 2.46. The van der Waals surface area contributed by atoms with Crippen LogP contribution in [0.4, 0.5) is 5.69 Å². The quantitative estimate of drug-likeness (QED) is 0.799. The standard InChI is InChI=1S/C15H19N3O3/c1-10-5-3-4-6-11(10)17-13(19)9-16-12-7-8-14(20)18(2)15(12)21/h3-6,12,16H,7-9H2,1-2H3,(H,17,19). The summed E-state index contributed by atoms with van der Waals surface area (Å²) in [7, 11) is 1.46. The number of nitrogens with one attached hydrogen (secondary N) is 2. The molecule has 2 N–H and O–H groups in total. The lowest BCUT2D eigenvalue weighted by Crippen LogP contribution is -2.52. The lowest BCUT2D eigenvalue weighted by Gasteiger charge is -2.28. The van der Waals surface area contributed by atoms with Gasteiger partial charge >= 0.3 is 0 Å². The highest BCUT2D eigenvalue weighted by molar-refractivity contribution is 6.00. The van der Waals surface area contributed by atoms with Crippen LogP contribution >= 0.6 is 0 Å². The summed E-state index contributed by atoms with van der Waals surface area (Å²) in [4.78, 5) is 36.2. The van der Waals surface area contributed by atoms with Gasteiger partial charge in [-0.25, -0.2) is 0 Å². The van der Waals surface area contributed by atoms with Gasteiger partial charge < -0.3 is 5.32 Å². The molecule has 21 heavy (non-hydrogen) atoms. The first-order valence-electron chi connectivity index (χ1n) is 6.88. The minimum atomic E-state index is -0.477. The summed E-state index contributed by atoms with van der Waals surface area (Å²) in [5, 5.41) is 5.70. The van der Waals surface area contributed by atoms with Crippen LogP contribution < -0.4 is 10.6 Å². The van der Waals surface area contributed by atoms with Gasteiger partial charge in [-0.2, -0.15) is 0 Å². The monoisotopic (exact) mass is 289 g/mol. The largest absolute Gasteiger partial charge is 0.325 e. The third-order valence-corrected chi connectivity index (χ3v) is 3.58. The summed E-state index contributed by atoms with van der Waals surface area (Å²) < 4.78 is 0. The van der Waals surface area contributed by atoms with Crippen molar-refractivity contribution in [3.05, 3.63) is 29.8 Å². The highest BCUT2D eigenvalue weighted by Gasteiger charge is 2.31. The van der Waals surface area contributed by atoms with Crippen LogP contribution in [0.25, 0.3) is 0 Å². The molecule has 6 heteroatoms. The van der Waals surface area contributed by atoms with E-state index in [9.17, 15) is 14.4 Å². The molecule has 1 aromatic carbocycles. The number of likely N-dealkylation sites (tertiary alicyclic amines) is 1. The Morgan fingerprint density at radius 1 is 1.33 bits per heavy atom. The molecule has 1 atom stereocenters. The van der Waals surface area contributed by atoms with Gasteiger partial charge in [0.15, 0.2) is 0 Å². The zero-order valence-corrected chi connectivity index (χ0v) is 12.2. The fourth-order valence-corrected chi connectivity index (χ4v) is 2.23. The van der Waals surface area contributed by atoms with Gasteiger partial charge in [-0.1, -0.05) is 18.2 Å². The topological polar surface area (TPSA) is 78.5 Å². The Kier molecular flexibility index (Phi) is 4.70. The number of hydrogen-bond acceptors (Lipinski definition) is 4. The number of nitrogens with zero attached hydrogens (tertiary/aromatic N) is 1. The Labute approximate surface area is 123 Å². The number of carbonyl (C=O) groups is 3. The average molecular weight is 289 g/mol. The van der Waals surface area contributed by atoms with Gasteiger partial charge in [-0.15, -0.1) is 0 Å². The summed E-state index contributed by atoms with van der Waals surface area (Å²) in [6.45, 7) is 1.95. The smallest absolute Gasteiger partial charge is 0.246 e. The summed E-state index contributed by atoms with van der Waals surface area (Å²) in [6.07, 6.45) is 0.749. The SMILES string of the molecule is Cc1ccccc1NC(=O)CNC1CCC(=O)N(C)C1=O. The molecule has 1 aliphatic heterocycles. The van der Waals surface area contributed by atoms with Gasteiger partial charge in [0.2, 0.25) is 17.7 Å². The molecule has 0 saturated carbocycles. The van der Waals surface area contributed by atoms with E-state index >= 15 is 0 Å². The number of imide groups is 1. The first kappa shape index (κ1) is 15.2. The van der Waals surface area contributed by atoms with Crippen molar-refractivity contribution in [2.45, 2.75) is 25.8 Å². The maximum Gasteiger partial charge on any atom is 0.246 e. The normalized spacial score (nSPS) is 18.8. The highest BCUT2D eigenvalue weighted by atomic mass is 16.2. The Hall–Kier alpha value is -2.21. The molecule has 3 amide bonds. The zero-order chi connectivity index (χ0) is 15.4. The van der Waals surface area contributed by atoms with E-state index in [0.717, 1.165) is 16.2 Å². The Balaban J connectivity index is 1.86. The van der Waals surface area contributed by atoms with Crippen LogP contribution in [0.2, 0.25) is 0 Å². The van der Waals surface area contributed by atoms with Crippen molar-refractivity contribution < 1.29 is 14.4 Å². The second-order valence-electron chi connectivity index (χ2n) is 5.13. The van der Waals surface area contributed by atoms with Gasteiger partial charge in [0.25, 0.3) is 0 Å². The van der Waals surface area contributed by atoms with E-state index in [2.05, 4.69) is 10.6 Å². The molecule has 1 heterocycles. The molecule has 1 saturated heterocycles. The second-order valence-corrected chi connectivity index (χ2v) is 5.13. The number of anilines is 1. The molecule has 1 fully saturated rings. The van der Waals surface area contributed by atoms with E-state index < -0.39 is 6.04 Å². The zero-order valence-electron chi connectivity index (χ0n) is 12.2. The molecular formula is C15H19N3O3. The van der Waals surface area contributed by atoms with Crippen molar-refractivity contribution in [3.63, 3.8) is 0 Å². The van der Waals surface area contributed by atoms with Crippen LogP contribution in [0.1, 0.15) is 18.4 Å². The van der Waals surface area contributed by atoms with E-state index in [1.807, 2.05) is 31.2 Å². The van der Waals surface area contributed by atoms with Gasteiger partial charge in [-0.05, 0) is 25.0 Å². The number of piperidine rings is 1. The van der Waals surface area contributed by atoms with Gasteiger partial charge in [-0.3, -0.25) is 24.6 Å². The van der Waals surface area contributed by atoms with E-state index in [1.165, 1.54) is 7.05 Å². The van der Waals surface area contributed by atoms with Crippen molar-refractivity contribution in [2.75, 3.05) is 18.9 Å². The Bertz CT molecular complexity index is 571. The van der Waals surface area contributed by atoms with Crippen LogP contribution in [-0.4, -0.2) is 42.3 Å². The molecule has 1 unspecified atom stereocenters. The number of carbonyl (C=O) groups excluding carboxylic acids is 3. The fourth-order valence-electron chi connectivity index (χ4n) is 2.23. The molecule has 6 nitrogen and oxygen atoms in total. The minimum Gasteiger partial charge on any atom is -0.325 e. The lowest BCUT2D eigenvalue weighted by atomic mass is 10.0. The van der Waals surface area contributed by atoms with E-state index in [0.29, 0.717) is 12.8 Å². The predicted octanol–water partition coefficient (Wildman–Crippen LogP) is 0.671.